The van der Waals surface area contributed by atoms with Crippen molar-refractivity contribution in [3.63, 3.8) is 0 Å². The van der Waals surface area contributed by atoms with Gasteiger partial charge in [0, 0.05) is 24.1 Å². The molecule has 0 bridgehead atoms. The molecule has 0 spiro atoms. The summed E-state index contributed by atoms with van der Waals surface area (Å²) in [4.78, 5) is 14.0. The van der Waals surface area contributed by atoms with Crippen LogP contribution in [0.2, 0.25) is 0 Å². The fraction of sp³-hybridized carbons (Fsp3) is 0.900. The van der Waals surface area contributed by atoms with Crippen molar-refractivity contribution in [1.29, 1.82) is 0 Å². The Hall–Kier alpha value is -0.220. The van der Waals surface area contributed by atoms with Crippen LogP contribution in [0.15, 0.2) is 0 Å². The molecule has 1 unspecified atom stereocenters. The molecule has 14 heavy (non-hydrogen) atoms. The summed E-state index contributed by atoms with van der Waals surface area (Å²) < 4.78 is 0. The maximum absolute atomic E-state index is 12.0. The SMILES string of the molecule is CC1CN(C(=O)[C@H]2CCCN2)CCS1. The highest BCUT2D eigenvalue weighted by atomic mass is 32.2. The molecular formula is C10H18N2OS. The smallest absolute Gasteiger partial charge is 0.239 e. The number of rotatable bonds is 1. The summed E-state index contributed by atoms with van der Waals surface area (Å²) in [6.07, 6.45) is 2.17. The van der Waals surface area contributed by atoms with Crippen molar-refractivity contribution < 1.29 is 4.79 Å². The van der Waals surface area contributed by atoms with Crippen LogP contribution < -0.4 is 5.32 Å². The topological polar surface area (TPSA) is 32.3 Å². The molecule has 0 radical (unpaired) electrons. The highest BCUT2D eigenvalue weighted by Crippen LogP contribution is 2.19. The van der Waals surface area contributed by atoms with Crippen molar-refractivity contribution in [2.75, 3.05) is 25.4 Å². The standard InChI is InChI=1S/C10H18N2OS/c1-8-7-12(5-6-14-8)10(13)9-3-2-4-11-9/h8-9,11H,2-7H2,1H3/t8?,9-/m1/s1. The minimum Gasteiger partial charge on any atom is -0.339 e. The Kier molecular flexibility index (Phi) is 3.34. The summed E-state index contributed by atoms with van der Waals surface area (Å²) in [5.41, 5.74) is 0. The van der Waals surface area contributed by atoms with Crippen molar-refractivity contribution in [3.8, 4) is 0 Å². The second-order valence-electron chi connectivity index (χ2n) is 4.11. The van der Waals surface area contributed by atoms with Crippen LogP contribution in [0.25, 0.3) is 0 Å². The van der Waals surface area contributed by atoms with Crippen molar-refractivity contribution in [3.05, 3.63) is 0 Å². The number of carbonyl (C=O) groups is 1. The van der Waals surface area contributed by atoms with E-state index in [2.05, 4.69) is 12.2 Å². The molecule has 2 saturated heterocycles. The quantitative estimate of drug-likeness (QED) is 0.697. The van der Waals surface area contributed by atoms with Crippen LogP contribution >= 0.6 is 11.8 Å². The third-order valence-electron chi connectivity index (χ3n) is 2.91. The molecule has 1 amide bonds. The zero-order valence-electron chi connectivity index (χ0n) is 8.66. The van der Waals surface area contributed by atoms with E-state index in [0.29, 0.717) is 11.2 Å². The predicted molar refractivity (Wildman–Crippen MR) is 59.5 cm³/mol. The van der Waals surface area contributed by atoms with Crippen LogP contribution in [0.5, 0.6) is 0 Å². The molecule has 2 fully saturated rings. The average molecular weight is 214 g/mol. The summed E-state index contributed by atoms with van der Waals surface area (Å²) in [5.74, 6) is 1.43. The Morgan fingerprint density at radius 1 is 1.57 bits per heavy atom. The number of amides is 1. The van der Waals surface area contributed by atoms with Gasteiger partial charge >= 0.3 is 0 Å². The molecule has 3 nitrogen and oxygen atoms in total. The summed E-state index contributed by atoms with van der Waals surface area (Å²) in [7, 11) is 0. The van der Waals surface area contributed by atoms with Crippen molar-refractivity contribution in [2.45, 2.75) is 31.1 Å². The first kappa shape index (κ1) is 10.3. The Morgan fingerprint density at radius 3 is 3.07 bits per heavy atom. The highest BCUT2D eigenvalue weighted by Gasteiger charge is 2.29. The van der Waals surface area contributed by atoms with Crippen molar-refractivity contribution in [2.24, 2.45) is 0 Å². The van der Waals surface area contributed by atoms with Crippen LogP contribution in [-0.2, 0) is 4.79 Å². The van der Waals surface area contributed by atoms with Gasteiger partial charge in [0.25, 0.3) is 0 Å². The Labute approximate surface area is 89.6 Å². The number of hydrogen-bond acceptors (Lipinski definition) is 3. The molecule has 2 rings (SSSR count). The van der Waals surface area contributed by atoms with Crippen LogP contribution in [0.4, 0.5) is 0 Å². The monoisotopic (exact) mass is 214 g/mol. The molecule has 0 aromatic heterocycles. The number of thioether (sulfide) groups is 1. The van der Waals surface area contributed by atoms with Gasteiger partial charge in [-0.25, -0.2) is 0 Å². The zero-order chi connectivity index (χ0) is 9.97. The molecule has 0 aromatic rings. The van der Waals surface area contributed by atoms with Gasteiger partial charge in [-0.15, -0.1) is 0 Å². The van der Waals surface area contributed by atoms with E-state index in [4.69, 9.17) is 0 Å². The third kappa shape index (κ3) is 2.23. The molecule has 4 heteroatoms. The first-order valence-electron chi connectivity index (χ1n) is 5.41. The van der Waals surface area contributed by atoms with Crippen LogP contribution in [-0.4, -0.2) is 47.5 Å². The average Bonchev–Trinajstić information content (AvgIpc) is 2.69. The molecule has 2 aliphatic heterocycles. The van der Waals surface area contributed by atoms with Crippen molar-refractivity contribution in [1.82, 2.24) is 10.2 Å². The molecule has 0 saturated carbocycles. The maximum Gasteiger partial charge on any atom is 0.239 e. The first-order chi connectivity index (χ1) is 6.77. The lowest BCUT2D eigenvalue weighted by atomic mass is 10.2. The van der Waals surface area contributed by atoms with Gasteiger partial charge in [0.1, 0.15) is 0 Å². The van der Waals surface area contributed by atoms with E-state index >= 15 is 0 Å². The molecule has 2 atom stereocenters. The van der Waals surface area contributed by atoms with Gasteiger partial charge in [-0.3, -0.25) is 4.79 Å². The summed E-state index contributed by atoms with van der Waals surface area (Å²) >= 11 is 1.97. The Morgan fingerprint density at radius 2 is 2.43 bits per heavy atom. The largest absolute Gasteiger partial charge is 0.339 e. The molecule has 2 aliphatic rings. The molecule has 0 aliphatic carbocycles. The van der Waals surface area contributed by atoms with E-state index in [-0.39, 0.29) is 6.04 Å². The molecular weight excluding hydrogens is 196 g/mol. The lowest BCUT2D eigenvalue weighted by Gasteiger charge is -2.32. The zero-order valence-corrected chi connectivity index (χ0v) is 9.48. The first-order valence-corrected chi connectivity index (χ1v) is 6.46. The lowest BCUT2D eigenvalue weighted by Crippen LogP contribution is -2.48. The third-order valence-corrected chi connectivity index (χ3v) is 4.05. The number of hydrogen-bond donors (Lipinski definition) is 1. The minimum absolute atomic E-state index is 0.116. The van der Waals surface area contributed by atoms with Gasteiger partial charge in [0.05, 0.1) is 6.04 Å². The summed E-state index contributed by atoms with van der Waals surface area (Å²) in [5, 5.41) is 3.88. The van der Waals surface area contributed by atoms with Gasteiger partial charge in [-0.1, -0.05) is 6.92 Å². The van der Waals surface area contributed by atoms with Gasteiger partial charge in [-0.2, -0.15) is 11.8 Å². The second kappa shape index (κ2) is 4.53. The van der Waals surface area contributed by atoms with E-state index in [1.54, 1.807) is 0 Å². The lowest BCUT2D eigenvalue weighted by molar-refractivity contribution is -0.132. The van der Waals surface area contributed by atoms with Crippen LogP contribution in [0.1, 0.15) is 19.8 Å². The van der Waals surface area contributed by atoms with Crippen molar-refractivity contribution >= 4 is 17.7 Å². The number of nitrogens with one attached hydrogen (secondary N) is 1. The van der Waals surface area contributed by atoms with E-state index < -0.39 is 0 Å². The summed E-state index contributed by atoms with van der Waals surface area (Å²) in [6, 6.07) is 0.116. The molecule has 1 N–H and O–H groups in total. The Balaban J connectivity index is 1.89. The van der Waals surface area contributed by atoms with Gasteiger partial charge in [0.15, 0.2) is 0 Å². The molecule has 80 valence electrons. The highest BCUT2D eigenvalue weighted by molar-refractivity contribution is 7.99. The predicted octanol–water partition coefficient (Wildman–Crippen LogP) is 0.702. The van der Waals surface area contributed by atoms with Gasteiger partial charge < -0.3 is 10.2 Å². The maximum atomic E-state index is 12.0. The fourth-order valence-electron chi connectivity index (χ4n) is 2.13. The normalized spacial score (nSPS) is 33.4. The Bertz CT molecular complexity index is 216. The minimum atomic E-state index is 0.116. The van der Waals surface area contributed by atoms with E-state index in [1.807, 2.05) is 16.7 Å². The van der Waals surface area contributed by atoms with Gasteiger partial charge in [0.2, 0.25) is 5.91 Å². The van der Waals surface area contributed by atoms with Gasteiger partial charge in [-0.05, 0) is 19.4 Å². The van der Waals surface area contributed by atoms with E-state index in [9.17, 15) is 4.79 Å². The second-order valence-corrected chi connectivity index (χ2v) is 5.66. The molecule has 2 heterocycles. The van der Waals surface area contributed by atoms with Crippen LogP contribution in [0.3, 0.4) is 0 Å². The van der Waals surface area contributed by atoms with E-state index in [0.717, 1.165) is 38.2 Å². The van der Waals surface area contributed by atoms with E-state index in [1.165, 1.54) is 0 Å². The molecule has 0 aromatic carbocycles. The number of carbonyl (C=O) groups excluding carboxylic acids is 1. The van der Waals surface area contributed by atoms with Crippen LogP contribution in [0, 0.1) is 0 Å². The fourth-order valence-corrected chi connectivity index (χ4v) is 3.15. The summed E-state index contributed by atoms with van der Waals surface area (Å²) in [6.45, 7) is 5.08. The number of nitrogens with zero attached hydrogens (tertiary/aromatic N) is 1.